The van der Waals surface area contributed by atoms with Crippen LogP contribution >= 0.6 is 0 Å². The van der Waals surface area contributed by atoms with Gasteiger partial charge in [0.05, 0.1) is 18.8 Å². The van der Waals surface area contributed by atoms with Crippen molar-refractivity contribution >= 4 is 0 Å². The average Bonchev–Trinajstić information content (AvgIpc) is 2.80. The third kappa shape index (κ3) is 3.41. The summed E-state index contributed by atoms with van der Waals surface area (Å²) in [4.78, 5) is 0. The molecule has 4 saturated carbocycles. The lowest BCUT2D eigenvalue weighted by molar-refractivity contribution is -0.351. The van der Waals surface area contributed by atoms with E-state index < -0.39 is 5.79 Å². The zero-order chi connectivity index (χ0) is 26.9. The Kier molecular flexibility index (Phi) is 5.71. The number of ether oxygens (including phenoxy) is 3. The van der Waals surface area contributed by atoms with Gasteiger partial charge in [-0.1, -0.05) is 60.1 Å². The second kappa shape index (κ2) is 7.88. The molecule has 0 aromatic heterocycles. The van der Waals surface area contributed by atoms with Gasteiger partial charge in [-0.2, -0.15) is 0 Å². The summed E-state index contributed by atoms with van der Waals surface area (Å²) < 4.78 is 19.2. The van der Waals surface area contributed by atoms with E-state index in [-0.39, 0.29) is 10.8 Å². The third-order valence-corrected chi connectivity index (χ3v) is 14.3. The zero-order valence-electron chi connectivity index (χ0n) is 25.8. The van der Waals surface area contributed by atoms with E-state index >= 15 is 0 Å². The summed E-state index contributed by atoms with van der Waals surface area (Å²) in [6.45, 7) is 23.2. The van der Waals surface area contributed by atoms with Crippen LogP contribution < -0.4 is 0 Å². The molecule has 5 fully saturated rings. The Morgan fingerprint density at radius 2 is 1.51 bits per heavy atom. The minimum absolute atomic E-state index is 0.124. The smallest absolute Gasteiger partial charge is 0.163 e. The van der Waals surface area contributed by atoms with Crippen molar-refractivity contribution in [1.82, 2.24) is 0 Å². The second-order valence-corrected chi connectivity index (χ2v) is 17.0. The molecule has 6 rings (SSSR count). The van der Waals surface area contributed by atoms with E-state index in [0.717, 1.165) is 12.5 Å². The van der Waals surface area contributed by atoms with Gasteiger partial charge in [0, 0.05) is 17.9 Å². The van der Waals surface area contributed by atoms with E-state index in [1.807, 2.05) is 12.7 Å². The molecule has 1 saturated heterocycles. The van der Waals surface area contributed by atoms with Crippen LogP contribution in [0.25, 0.3) is 0 Å². The molecule has 1 heterocycles. The number of fused-ring (bicyclic) bond motifs is 9. The molecule has 3 heteroatoms. The molecule has 210 valence electrons. The van der Waals surface area contributed by atoms with Gasteiger partial charge in [-0.05, 0) is 111 Å². The van der Waals surface area contributed by atoms with E-state index in [4.69, 9.17) is 14.2 Å². The summed E-state index contributed by atoms with van der Waals surface area (Å²) in [5.74, 6) is 1.62. The fourth-order valence-electron chi connectivity index (χ4n) is 11.9. The largest absolute Gasteiger partial charge is 0.381 e. The van der Waals surface area contributed by atoms with Crippen LogP contribution in [0, 0.1) is 50.2 Å². The standard InChI is InChI=1S/C34H56O3/c1-28(2)19-23-22-11-12-25-31(6)15-14-26-32(7,21-36-29(3,4)37-26)24(31)13-16-34(25,9)33(22,8)18-17-30(23,5)27(20-28)35-10/h11,23-27H,12-21H2,1-10H3/t23-,24-,25-,26+,27-,30-,31+,32-,33-,34-/m1/s1. The lowest BCUT2D eigenvalue weighted by Crippen LogP contribution is -2.68. The van der Waals surface area contributed by atoms with Crippen molar-refractivity contribution in [3.63, 3.8) is 0 Å². The second-order valence-electron chi connectivity index (χ2n) is 17.0. The van der Waals surface area contributed by atoms with Gasteiger partial charge in [-0.25, -0.2) is 0 Å². The molecule has 1 aliphatic heterocycles. The first kappa shape index (κ1) is 26.8. The molecule has 10 atom stereocenters. The van der Waals surface area contributed by atoms with Crippen LogP contribution in [-0.2, 0) is 14.2 Å². The van der Waals surface area contributed by atoms with Gasteiger partial charge in [0.15, 0.2) is 5.79 Å². The molecule has 0 radical (unpaired) electrons. The van der Waals surface area contributed by atoms with Crippen LogP contribution in [-0.4, -0.2) is 31.7 Å². The molecular formula is C34H56O3. The Hall–Kier alpha value is -0.380. The molecule has 0 bridgehead atoms. The maximum Gasteiger partial charge on any atom is 0.163 e. The Balaban J connectivity index is 1.38. The van der Waals surface area contributed by atoms with Crippen LogP contribution in [0.2, 0.25) is 0 Å². The fourth-order valence-corrected chi connectivity index (χ4v) is 11.9. The summed E-state index contributed by atoms with van der Waals surface area (Å²) in [5, 5.41) is 0. The van der Waals surface area contributed by atoms with Gasteiger partial charge in [0.25, 0.3) is 0 Å². The van der Waals surface area contributed by atoms with Crippen molar-refractivity contribution in [2.75, 3.05) is 13.7 Å². The summed E-state index contributed by atoms with van der Waals surface area (Å²) in [5.41, 5.74) is 3.55. The zero-order valence-corrected chi connectivity index (χ0v) is 25.8. The Morgan fingerprint density at radius 1 is 0.784 bits per heavy atom. The van der Waals surface area contributed by atoms with E-state index in [2.05, 4.69) is 68.4 Å². The summed E-state index contributed by atoms with van der Waals surface area (Å²) in [6, 6.07) is 0. The molecular weight excluding hydrogens is 456 g/mol. The maximum absolute atomic E-state index is 6.61. The highest BCUT2D eigenvalue weighted by Gasteiger charge is 2.70. The fraction of sp³-hybridized carbons (Fsp3) is 0.941. The van der Waals surface area contributed by atoms with Gasteiger partial charge in [-0.3, -0.25) is 0 Å². The third-order valence-electron chi connectivity index (χ3n) is 14.3. The number of rotatable bonds is 1. The van der Waals surface area contributed by atoms with Crippen LogP contribution in [0.15, 0.2) is 11.6 Å². The number of methoxy groups -OCH3 is 1. The topological polar surface area (TPSA) is 27.7 Å². The van der Waals surface area contributed by atoms with Gasteiger partial charge in [-0.15, -0.1) is 0 Å². The molecule has 5 aliphatic carbocycles. The highest BCUT2D eigenvalue weighted by Crippen LogP contribution is 2.76. The molecule has 0 unspecified atom stereocenters. The lowest BCUT2D eigenvalue weighted by Gasteiger charge is -2.72. The Bertz CT molecular complexity index is 982. The van der Waals surface area contributed by atoms with E-state index in [0.29, 0.717) is 45.7 Å². The Labute approximate surface area is 227 Å². The summed E-state index contributed by atoms with van der Waals surface area (Å²) in [6.07, 6.45) is 15.0. The van der Waals surface area contributed by atoms with Gasteiger partial charge in [0.1, 0.15) is 0 Å². The predicted molar refractivity (Wildman–Crippen MR) is 150 cm³/mol. The first-order valence-electron chi connectivity index (χ1n) is 15.6. The summed E-state index contributed by atoms with van der Waals surface area (Å²) in [7, 11) is 1.97. The molecule has 6 aliphatic rings. The number of hydrogen-bond acceptors (Lipinski definition) is 3. The molecule has 0 spiro atoms. The Morgan fingerprint density at radius 3 is 2.22 bits per heavy atom. The van der Waals surface area contributed by atoms with E-state index in [1.165, 1.54) is 57.8 Å². The summed E-state index contributed by atoms with van der Waals surface area (Å²) >= 11 is 0. The van der Waals surface area contributed by atoms with Crippen molar-refractivity contribution < 1.29 is 14.2 Å². The van der Waals surface area contributed by atoms with Gasteiger partial charge in [0.2, 0.25) is 0 Å². The van der Waals surface area contributed by atoms with Crippen molar-refractivity contribution in [3.05, 3.63) is 11.6 Å². The highest BCUT2D eigenvalue weighted by molar-refractivity contribution is 5.34. The molecule has 0 N–H and O–H groups in total. The predicted octanol–water partition coefficient (Wildman–Crippen LogP) is 8.56. The molecule has 37 heavy (non-hydrogen) atoms. The first-order chi connectivity index (χ1) is 17.0. The number of hydrogen-bond donors (Lipinski definition) is 0. The SMILES string of the molecule is CO[C@@H]1CC(C)(C)C[C@@H]2C3=CC[C@@H]4[C@@]5(C)CC[C@@H]6OC(C)(C)OC[C@]6(C)[C@@H]5CC[C@@]4(C)[C@]3(C)CC[C@]21C. The van der Waals surface area contributed by atoms with E-state index in [1.54, 1.807) is 0 Å². The molecule has 0 aromatic rings. The highest BCUT2D eigenvalue weighted by atomic mass is 16.7. The van der Waals surface area contributed by atoms with Gasteiger partial charge < -0.3 is 14.2 Å². The molecule has 0 aromatic carbocycles. The number of allylic oxidation sites excluding steroid dienone is 2. The van der Waals surface area contributed by atoms with Crippen molar-refractivity contribution in [1.29, 1.82) is 0 Å². The van der Waals surface area contributed by atoms with Crippen molar-refractivity contribution in [2.45, 2.75) is 138 Å². The quantitative estimate of drug-likeness (QED) is 0.329. The average molecular weight is 513 g/mol. The van der Waals surface area contributed by atoms with Gasteiger partial charge >= 0.3 is 0 Å². The van der Waals surface area contributed by atoms with Crippen LogP contribution in [0.5, 0.6) is 0 Å². The molecule has 3 nitrogen and oxygen atoms in total. The normalized spacial score (nSPS) is 56.1. The van der Waals surface area contributed by atoms with E-state index in [9.17, 15) is 0 Å². The van der Waals surface area contributed by atoms with Crippen LogP contribution in [0.1, 0.15) is 120 Å². The van der Waals surface area contributed by atoms with Crippen molar-refractivity contribution in [2.24, 2.45) is 50.2 Å². The van der Waals surface area contributed by atoms with Crippen LogP contribution in [0.4, 0.5) is 0 Å². The van der Waals surface area contributed by atoms with Crippen molar-refractivity contribution in [3.8, 4) is 0 Å². The molecule has 0 amide bonds. The lowest BCUT2D eigenvalue weighted by atomic mass is 9.33. The first-order valence-corrected chi connectivity index (χ1v) is 15.6. The van der Waals surface area contributed by atoms with Crippen LogP contribution in [0.3, 0.4) is 0 Å². The maximum atomic E-state index is 6.61. The minimum Gasteiger partial charge on any atom is -0.381 e. The minimum atomic E-state index is -0.445. The monoisotopic (exact) mass is 512 g/mol.